The molecule has 0 bridgehead atoms. The first-order chi connectivity index (χ1) is 18.4. The Labute approximate surface area is 255 Å². The molecule has 0 saturated carbocycles. The standard InChI is InChI=1S/3C11H12O2.Zr/c3*1-8(12)11(9(2)13)10-6-4-3-5-7-10;/h3*3-7,12H,1-2H3;/p-3/b2*11-8+;;. The van der Waals surface area contributed by atoms with E-state index in [4.69, 9.17) is 0 Å². The number of carbonyl (C=O) groups excluding carboxylic acids is 3. The largest absolute Gasteiger partial charge is 0.875 e. The molecule has 208 valence electrons. The molecule has 0 aliphatic carbocycles. The van der Waals surface area contributed by atoms with Gasteiger partial charge in [-0.3, -0.25) is 14.4 Å². The second-order valence-electron chi connectivity index (χ2n) is 8.56. The van der Waals surface area contributed by atoms with Gasteiger partial charge in [-0.05, 0) is 37.5 Å². The summed E-state index contributed by atoms with van der Waals surface area (Å²) in [6.45, 7) is 8.44. The van der Waals surface area contributed by atoms with E-state index in [1.54, 1.807) is 72.8 Å². The van der Waals surface area contributed by atoms with Gasteiger partial charge < -0.3 is 15.3 Å². The van der Waals surface area contributed by atoms with Crippen molar-refractivity contribution < 1.29 is 55.9 Å². The summed E-state index contributed by atoms with van der Waals surface area (Å²) in [6, 6.07) is 27.0. The van der Waals surface area contributed by atoms with Crippen LogP contribution >= 0.6 is 0 Å². The Morgan fingerprint density at radius 2 is 0.575 bits per heavy atom. The number of Topliss-reactive ketones (excluding diaryl/α,β-unsaturated/α-hetero) is 3. The molecule has 0 radical (unpaired) electrons. The summed E-state index contributed by atoms with van der Waals surface area (Å²) < 4.78 is 0. The molecule has 0 aliphatic rings. The van der Waals surface area contributed by atoms with Crippen LogP contribution in [0, 0.1) is 0 Å². The molecule has 0 aromatic heterocycles. The summed E-state index contributed by atoms with van der Waals surface area (Å²) in [7, 11) is 0. The van der Waals surface area contributed by atoms with Crippen molar-refractivity contribution in [2.45, 2.75) is 41.5 Å². The Balaban J connectivity index is 0.000000563. The molecule has 0 N–H and O–H groups in total. The van der Waals surface area contributed by atoms with E-state index in [-0.39, 0.29) is 77.5 Å². The number of benzene rings is 3. The minimum Gasteiger partial charge on any atom is -0.875 e. The van der Waals surface area contributed by atoms with Crippen molar-refractivity contribution in [2.24, 2.45) is 0 Å². The van der Waals surface area contributed by atoms with Gasteiger partial charge >= 0.3 is 0 Å². The van der Waals surface area contributed by atoms with Crippen molar-refractivity contribution in [2.75, 3.05) is 0 Å². The predicted molar refractivity (Wildman–Crippen MR) is 149 cm³/mol. The molecule has 0 aliphatic heterocycles. The van der Waals surface area contributed by atoms with Crippen molar-refractivity contribution in [1.82, 2.24) is 0 Å². The molecule has 0 heterocycles. The van der Waals surface area contributed by atoms with Gasteiger partial charge in [-0.15, -0.1) is 17.3 Å². The van der Waals surface area contributed by atoms with Gasteiger partial charge in [0.2, 0.25) is 0 Å². The summed E-state index contributed by atoms with van der Waals surface area (Å²) in [4.78, 5) is 33.4. The molecule has 3 aromatic carbocycles. The van der Waals surface area contributed by atoms with E-state index in [0.717, 1.165) is 0 Å². The summed E-state index contributed by atoms with van der Waals surface area (Å²) in [6.07, 6.45) is 0. The number of ketones is 3. The molecule has 0 spiro atoms. The first-order valence-corrected chi connectivity index (χ1v) is 12.2. The van der Waals surface area contributed by atoms with Crippen LogP contribution in [-0.2, 0) is 40.6 Å². The number of carbonyl (C=O) groups is 3. The number of hydrogen-bond acceptors (Lipinski definition) is 6. The molecule has 0 unspecified atom stereocenters. The van der Waals surface area contributed by atoms with Crippen LogP contribution in [-0.4, -0.2) is 17.3 Å². The maximum atomic E-state index is 11.1. The summed E-state index contributed by atoms with van der Waals surface area (Å²) >= 11 is 0. The van der Waals surface area contributed by atoms with E-state index < -0.39 is 0 Å². The second-order valence-corrected chi connectivity index (χ2v) is 8.56. The SMILES string of the molecule is CC(=O)/C(=C(/C)[O-])c1ccccc1.CC(=O)/C(=C(/C)[O-])c1ccccc1.CC(=O)C(=C(C)[O-])c1ccccc1.[Zr]. The molecule has 3 aromatic rings. The predicted octanol–water partition coefficient (Wildman–Crippen LogP) is 4.10. The van der Waals surface area contributed by atoms with Crippen LogP contribution < -0.4 is 15.3 Å². The van der Waals surface area contributed by atoms with Gasteiger partial charge in [0.25, 0.3) is 0 Å². The van der Waals surface area contributed by atoms with E-state index >= 15 is 0 Å². The Kier molecular flexibility index (Phi) is 16.7. The van der Waals surface area contributed by atoms with Gasteiger partial charge in [0.1, 0.15) is 0 Å². The van der Waals surface area contributed by atoms with Gasteiger partial charge in [-0.2, -0.15) is 0 Å². The van der Waals surface area contributed by atoms with Gasteiger partial charge in [0, 0.05) is 42.9 Å². The molecular weight excluding hydrogens is 584 g/mol. The van der Waals surface area contributed by atoms with E-state index in [1.165, 1.54) is 41.5 Å². The van der Waals surface area contributed by atoms with Gasteiger partial charge in [-0.1, -0.05) is 112 Å². The smallest absolute Gasteiger partial charge is 0.159 e. The third-order valence-electron chi connectivity index (χ3n) is 5.30. The van der Waals surface area contributed by atoms with Crippen molar-refractivity contribution in [1.29, 1.82) is 0 Å². The van der Waals surface area contributed by atoms with Crippen LogP contribution in [0.15, 0.2) is 108 Å². The van der Waals surface area contributed by atoms with E-state index in [2.05, 4.69) is 0 Å². The fourth-order valence-corrected chi connectivity index (χ4v) is 3.78. The maximum absolute atomic E-state index is 11.1. The minimum atomic E-state index is -0.182. The van der Waals surface area contributed by atoms with Crippen molar-refractivity contribution in [3.8, 4) is 0 Å². The van der Waals surface area contributed by atoms with Crippen molar-refractivity contribution in [3.05, 3.63) is 125 Å². The van der Waals surface area contributed by atoms with Crippen LogP contribution in [0.2, 0.25) is 0 Å². The van der Waals surface area contributed by atoms with E-state index in [1.807, 2.05) is 18.2 Å². The molecule has 0 amide bonds. The third-order valence-corrected chi connectivity index (χ3v) is 5.30. The number of allylic oxidation sites excluding steroid dienone is 6. The zero-order chi connectivity index (χ0) is 29.5. The fraction of sp³-hybridized carbons (Fsp3) is 0.182. The average molecular weight is 617 g/mol. The quantitative estimate of drug-likeness (QED) is 0.304. The minimum absolute atomic E-state index is 0. The van der Waals surface area contributed by atoms with Gasteiger partial charge in [-0.25, -0.2) is 0 Å². The van der Waals surface area contributed by atoms with Crippen LogP contribution in [0.25, 0.3) is 16.7 Å². The zero-order valence-electron chi connectivity index (χ0n) is 23.6. The van der Waals surface area contributed by atoms with Crippen molar-refractivity contribution in [3.63, 3.8) is 0 Å². The topological polar surface area (TPSA) is 120 Å². The average Bonchev–Trinajstić information content (AvgIpc) is 2.85. The Bertz CT molecular complexity index is 1170. The Morgan fingerprint density at radius 3 is 0.700 bits per heavy atom. The fourth-order valence-electron chi connectivity index (χ4n) is 3.78. The Morgan fingerprint density at radius 1 is 0.400 bits per heavy atom. The molecule has 3 rings (SSSR count). The monoisotopic (exact) mass is 615 g/mol. The molecule has 7 heteroatoms. The zero-order valence-corrected chi connectivity index (χ0v) is 26.1. The third kappa shape index (κ3) is 11.9. The second kappa shape index (κ2) is 18.5. The Hall–Kier alpha value is -3.83. The molecule has 0 atom stereocenters. The van der Waals surface area contributed by atoms with Crippen molar-refractivity contribution >= 4 is 34.1 Å². The molecule has 0 saturated heterocycles. The molecule has 40 heavy (non-hydrogen) atoms. The first kappa shape index (κ1) is 36.2. The van der Waals surface area contributed by atoms with Crippen LogP contribution in [0.5, 0.6) is 0 Å². The molecule has 0 fully saturated rings. The van der Waals surface area contributed by atoms with Crippen LogP contribution in [0.3, 0.4) is 0 Å². The summed E-state index contributed by atoms with van der Waals surface area (Å²) in [5.74, 6) is -1.09. The molecular formula is C33H33O6Zr-3. The normalized spacial score (nSPS) is 11.8. The van der Waals surface area contributed by atoms with Crippen LogP contribution in [0.1, 0.15) is 58.2 Å². The number of hydrogen-bond donors (Lipinski definition) is 0. The number of rotatable bonds is 6. The van der Waals surface area contributed by atoms with Gasteiger partial charge in [0.05, 0.1) is 0 Å². The molecule has 6 nitrogen and oxygen atoms in total. The summed E-state index contributed by atoms with van der Waals surface area (Å²) in [5, 5.41) is 33.4. The van der Waals surface area contributed by atoms with Gasteiger partial charge in [0.15, 0.2) is 17.3 Å². The van der Waals surface area contributed by atoms with Crippen LogP contribution in [0.4, 0.5) is 0 Å². The summed E-state index contributed by atoms with van der Waals surface area (Å²) in [5.41, 5.74) is 2.93. The van der Waals surface area contributed by atoms with E-state index in [9.17, 15) is 29.7 Å². The van der Waals surface area contributed by atoms with E-state index in [0.29, 0.717) is 16.7 Å². The maximum Gasteiger partial charge on any atom is 0.159 e. The first-order valence-electron chi connectivity index (χ1n) is 12.2.